The van der Waals surface area contributed by atoms with Crippen molar-refractivity contribution in [2.45, 2.75) is 32.6 Å². The number of morpholine rings is 1. The quantitative estimate of drug-likeness (QED) is 0.653. The number of amides is 2. The van der Waals surface area contributed by atoms with Crippen molar-refractivity contribution in [3.05, 3.63) is 29.8 Å². The van der Waals surface area contributed by atoms with Crippen molar-refractivity contribution in [3.63, 3.8) is 0 Å². The summed E-state index contributed by atoms with van der Waals surface area (Å²) in [5.41, 5.74) is 0.594. The van der Waals surface area contributed by atoms with Crippen LogP contribution < -0.4 is 4.74 Å². The minimum Gasteiger partial charge on any atom is -0.494 e. The maximum atomic E-state index is 12.6. The highest BCUT2D eigenvalue weighted by atomic mass is 16.5. The van der Waals surface area contributed by atoms with E-state index in [1.165, 1.54) is 0 Å². The summed E-state index contributed by atoms with van der Waals surface area (Å²) in [6.45, 7) is 6.17. The third kappa shape index (κ3) is 5.79. The molecule has 3 rings (SSSR count). The van der Waals surface area contributed by atoms with Crippen LogP contribution in [0, 0.1) is 5.92 Å². The molecule has 1 aromatic rings. The van der Waals surface area contributed by atoms with Crippen molar-refractivity contribution >= 4 is 17.6 Å². The van der Waals surface area contributed by atoms with Crippen LogP contribution in [-0.4, -0.2) is 73.4 Å². The molecule has 0 atom stereocenters. The fourth-order valence-electron chi connectivity index (χ4n) is 3.84. The zero-order valence-corrected chi connectivity index (χ0v) is 17.1. The summed E-state index contributed by atoms with van der Waals surface area (Å²) in [7, 11) is 0. The van der Waals surface area contributed by atoms with Gasteiger partial charge >= 0.3 is 0 Å². The van der Waals surface area contributed by atoms with Crippen LogP contribution in [0.5, 0.6) is 5.75 Å². The Bertz CT molecular complexity index is 704. The Balaban J connectivity index is 1.41. The Hall–Kier alpha value is -2.41. The van der Waals surface area contributed by atoms with Crippen molar-refractivity contribution in [1.29, 1.82) is 0 Å². The van der Waals surface area contributed by atoms with E-state index in [1.807, 2.05) is 11.8 Å². The molecule has 0 spiro atoms. The van der Waals surface area contributed by atoms with Gasteiger partial charge in [-0.25, -0.2) is 0 Å². The number of carbonyl (C=O) groups excluding carboxylic acids is 3. The molecule has 158 valence electrons. The number of carbonyl (C=O) groups is 3. The van der Waals surface area contributed by atoms with E-state index >= 15 is 0 Å². The second kappa shape index (κ2) is 10.4. The molecule has 1 aromatic carbocycles. The third-order valence-electron chi connectivity index (χ3n) is 5.57. The topological polar surface area (TPSA) is 76.2 Å². The van der Waals surface area contributed by atoms with E-state index in [0.29, 0.717) is 64.4 Å². The van der Waals surface area contributed by atoms with Gasteiger partial charge in [0.05, 0.1) is 19.8 Å². The molecular weight excluding hydrogens is 372 g/mol. The molecule has 2 amide bonds. The third-order valence-corrected chi connectivity index (χ3v) is 5.57. The molecule has 7 nitrogen and oxygen atoms in total. The minimum absolute atomic E-state index is 0.0114. The smallest absolute Gasteiger partial charge is 0.225 e. The summed E-state index contributed by atoms with van der Waals surface area (Å²) in [6, 6.07) is 7.02. The normalized spacial score (nSPS) is 17.8. The van der Waals surface area contributed by atoms with E-state index in [4.69, 9.17) is 9.47 Å². The van der Waals surface area contributed by atoms with Gasteiger partial charge in [-0.3, -0.25) is 14.4 Å². The van der Waals surface area contributed by atoms with Gasteiger partial charge in [0.1, 0.15) is 5.75 Å². The summed E-state index contributed by atoms with van der Waals surface area (Å²) in [6.07, 6.45) is 1.77. The molecule has 2 heterocycles. The summed E-state index contributed by atoms with van der Waals surface area (Å²) in [4.78, 5) is 41.1. The van der Waals surface area contributed by atoms with Gasteiger partial charge in [-0.2, -0.15) is 0 Å². The molecule has 2 aliphatic rings. The fourth-order valence-corrected chi connectivity index (χ4v) is 3.84. The molecule has 29 heavy (non-hydrogen) atoms. The first-order valence-corrected chi connectivity index (χ1v) is 10.5. The van der Waals surface area contributed by atoms with Gasteiger partial charge in [-0.15, -0.1) is 0 Å². The van der Waals surface area contributed by atoms with Crippen molar-refractivity contribution < 1.29 is 23.9 Å². The van der Waals surface area contributed by atoms with Crippen LogP contribution in [0.25, 0.3) is 0 Å². The summed E-state index contributed by atoms with van der Waals surface area (Å²) < 4.78 is 10.7. The SMILES string of the molecule is CCOc1ccc(C(=O)CCC(=O)N2CCC(C(=O)N3CCOCC3)CC2)cc1. The fraction of sp³-hybridized carbons (Fsp3) is 0.591. The highest BCUT2D eigenvalue weighted by Gasteiger charge is 2.30. The van der Waals surface area contributed by atoms with Crippen molar-refractivity contribution in [3.8, 4) is 5.75 Å². The molecule has 2 fully saturated rings. The van der Waals surface area contributed by atoms with E-state index < -0.39 is 0 Å². The second-order valence-electron chi connectivity index (χ2n) is 7.47. The number of likely N-dealkylation sites (tertiary alicyclic amines) is 1. The Morgan fingerprint density at radius 3 is 2.24 bits per heavy atom. The van der Waals surface area contributed by atoms with Gasteiger partial charge in [0.15, 0.2) is 5.78 Å². The van der Waals surface area contributed by atoms with Gasteiger partial charge < -0.3 is 19.3 Å². The van der Waals surface area contributed by atoms with Crippen LogP contribution in [0.2, 0.25) is 0 Å². The number of nitrogens with zero attached hydrogens (tertiary/aromatic N) is 2. The first kappa shape index (κ1) is 21.3. The predicted octanol–water partition coefficient (Wildman–Crippen LogP) is 2.15. The molecule has 0 N–H and O–H groups in total. The Labute approximate surface area is 171 Å². The molecular formula is C22H30N2O5. The zero-order chi connectivity index (χ0) is 20.6. The van der Waals surface area contributed by atoms with Crippen LogP contribution in [0.15, 0.2) is 24.3 Å². The molecule has 0 aliphatic carbocycles. The number of ketones is 1. The first-order valence-electron chi connectivity index (χ1n) is 10.5. The molecule has 0 saturated carbocycles. The van der Waals surface area contributed by atoms with Gasteiger partial charge in [-0.05, 0) is 44.0 Å². The number of Topliss-reactive ketones (excluding diaryl/α,β-unsaturated/α-hetero) is 1. The average Bonchev–Trinajstić information content (AvgIpc) is 2.78. The molecule has 7 heteroatoms. The summed E-state index contributed by atoms with van der Waals surface area (Å²) >= 11 is 0. The van der Waals surface area contributed by atoms with Crippen LogP contribution in [-0.2, 0) is 14.3 Å². The van der Waals surface area contributed by atoms with Crippen LogP contribution in [0.4, 0.5) is 0 Å². The lowest BCUT2D eigenvalue weighted by atomic mass is 9.94. The van der Waals surface area contributed by atoms with Crippen molar-refractivity contribution in [1.82, 2.24) is 9.80 Å². The van der Waals surface area contributed by atoms with Crippen LogP contribution in [0.3, 0.4) is 0 Å². The monoisotopic (exact) mass is 402 g/mol. The van der Waals surface area contributed by atoms with Gasteiger partial charge in [0.25, 0.3) is 0 Å². The Morgan fingerprint density at radius 1 is 0.966 bits per heavy atom. The summed E-state index contributed by atoms with van der Waals surface area (Å²) in [5.74, 6) is 0.851. The van der Waals surface area contributed by atoms with Gasteiger partial charge in [0, 0.05) is 50.5 Å². The predicted molar refractivity (Wildman–Crippen MR) is 108 cm³/mol. The summed E-state index contributed by atoms with van der Waals surface area (Å²) in [5, 5.41) is 0. The number of piperidine rings is 1. The molecule has 0 bridgehead atoms. The maximum Gasteiger partial charge on any atom is 0.225 e. The number of rotatable bonds is 7. The maximum absolute atomic E-state index is 12.6. The number of hydrogen-bond donors (Lipinski definition) is 0. The number of ether oxygens (including phenoxy) is 2. The Kier molecular flexibility index (Phi) is 7.63. The van der Waals surface area contributed by atoms with Crippen LogP contribution in [0.1, 0.15) is 43.0 Å². The first-order chi connectivity index (χ1) is 14.1. The molecule has 0 unspecified atom stereocenters. The standard InChI is InChI=1S/C22H30N2O5/c1-2-29-19-5-3-17(4-6-19)20(25)7-8-21(26)23-11-9-18(10-12-23)22(27)24-13-15-28-16-14-24/h3-6,18H,2,7-16H2,1H3. The largest absolute Gasteiger partial charge is 0.494 e. The Morgan fingerprint density at radius 2 is 1.62 bits per heavy atom. The highest BCUT2D eigenvalue weighted by Crippen LogP contribution is 2.21. The van der Waals surface area contributed by atoms with Gasteiger partial charge in [-0.1, -0.05) is 0 Å². The molecule has 2 aliphatic heterocycles. The lowest BCUT2D eigenvalue weighted by Crippen LogP contribution is -2.47. The van der Waals surface area contributed by atoms with Crippen molar-refractivity contribution in [2.24, 2.45) is 5.92 Å². The van der Waals surface area contributed by atoms with E-state index in [2.05, 4.69) is 0 Å². The van der Waals surface area contributed by atoms with Crippen LogP contribution >= 0.6 is 0 Å². The lowest BCUT2D eigenvalue weighted by molar-refractivity contribution is -0.143. The molecule has 0 aromatic heterocycles. The van der Waals surface area contributed by atoms with Crippen molar-refractivity contribution in [2.75, 3.05) is 46.0 Å². The molecule has 0 radical (unpaired) electrons. The lowest BCUT2D eigenvalue weighted by Gasteiger charge is -2.35. The zero-order valence-electron chi connectivity index (χ0n) is 17.1. The number of benzene rings is 1. The van der Waals surface area contributed by atoms with E-state index in [-0.39, 0.29) is 36.4 Å². The molecule has 2 saturated heterocycles. The van der Waals surface area contributed by atoms with E-state index in [1.54, 1.807) is 29.2 Å². The number of hydrogen-bond acceptors (Lipinski definition) is 5. The van der Waals surface area contributed by atoms with E-state index in [0.717, 1.165) is 5.75 Å². The highest BCUT2D eigenvalue weighted by molar-refractivity contribution is 5.98. The van der Waals surface area contributed by atoms with Gasteiger partial charge in [0.2, 0.25) is 11.8 Å². The average molecular weight is 402 g/mol. The minimum atomic E-state index is -0.0428. The second-order valence-corrected chi connectivity index (χ2v) is 7.47. The van der Waals surface area contributed by atoms with E-state index in [9.17, 15) is 14.4 Å².